The molecule has 6 heteroatoms. The van der Waals surface area contributed by atoms with Gasteiger partial charge in [0.15, 0.2) is 0 Å². The van der Waals surface area contributed by atoms with E-state index in [1.54, 1.807) is 6.92 Å². The molecule has 0 saturated carbocycles. The summed E-state index contributed by atoms with van der Waals surface area (Å²) in [5.41, 5.74) is 0. The average molecular weight is 221 g/mol. The minimum atomic E-state index is -3.45. The molecule has 1 rings (SSSR count). The maximum Gasteiger partial charge on any atom is 0.328 e. The van der Waals surface area contributed by atoms with Crippen molar-refractivity contribution < 1.29 is 12.7 Å². The standard InChI is InChI=1S/C7H11NO3S2/c1-2-6-13(9,10)11-8-7-4-3-5-12-7/h3,5H,2,4,6H2,1H3/b8-7+. The Bertz CT molecular complexity index is 309. The van der Waals surface area contributed by atoms with Gasteiger partial charge < -0.3 is 0 Å². The number of nitrogens with zero attached hydrogens (tertiary/aromatic N) is 1. The van der Waals surface area contributed by atoms with Crippen LogP contribution in [0.3, 0.4) is 0 Å². The number of hydrogen-bond donors (Lipinski definition) is 0. The minimum Gasteiger partial charge on any atom is -0.268 e. The first-order valence-electron chi connectivity index (χ1n) is 3.94. The highest BCUT2D eigenvalue weighted by atomic mass is 32.2. The average Bonchev–Trinajstić information content (AvgIpc) is 2.52. The van der Waals surface area contributed by atoms with Crippen molar-refractivity contribution in [3.05, 3.63) is 11.5 Å². The van der Waals surface area contributed by atoms with Crippen molar-refractivity contribution >= 4 is 26.9 Å². The fourth-order valence-electron chi connectivity index (χ4n) is 0.768. The molecular weight excluding hydrogens is 210 g/mol. The Labute approximate surface area is 82.2 Å². The van der Waals surface area contributed by atoms with E-state index in [0.29, 0.717) is 17.9 Å². The Morgan fingerprint density at radius 2 is 2.46 bits per heavy atom. The summed E-state index contributed by atoms with van der Waals surface area (Å²) in [4.78, 5) is 0. The van der Waals surface area contributed by atoms with Gasteiger partial charge in [0.1, 0.15) is 5.04 Å². The summed E-state index contributed by atoms with van der Waals surface area (Å²) >= 11 is 1.38. The lowest BCUT2D eigenvalue weighted by molar-refractivity contribution is 0.339. The van der Waals surface area contributed by atoms with Crippen molar-refractivity contribution in [1.82, 2.24) is 0 Å². The summed E-state index contributed by atoms with van der Waals surface area (Å²) in [7, 11) is -3.45. The summed E-state index contributed by atoms with van der Waals surface area (Å²) in [5, 5.41) is 6.08. The van der Waals surface area contributed by atoms with Crippen LogP contribution in [0.2, 0.25) is 0 Å². The predicted octanol–water partition coefficient (Wildman–Crippen LogP) is 1.71. The van der Waals surface area contributed by atoms with Gasteiger partial charge in [0.2, 0.25) is 0 Å². The molecule has 0 radical (unpaired) electrons. The van der Waals surface area contributed by atoms with Crippen LogP contribution in [0.25, 0.3) is 0 Å². The van der Waals surface area contributed by atoms with E-state index in [1.807, 2.05) is 11.5 Å². The summed E-state index contributed by atoms with van der Waals surface area (Å²) < 4.78 is 26.5. The lowest BCUT2D eigenvalue weighted by atomic mass is 10.5. The first-order chi connectivity index (χ1) is 6.14. The summed E-state index contributed by atoms with van der Waals surface area (Å²) in [5.74, 6) is 0.0157. The van der Waals surface area contributed by atoms with Crippen LogP contribution >= 0.6 is 11.8 Å². The van der Waals surface area contributed by atoms with Crippen LogP contribution in [-0.4, -0.2) is 19.2 Å². The summed E-state index contributed by atoms with van der Waals surface area (Å²) in [6, 6.07) is 0. The van der Waals surface area contributed by atoms with Gasteiger partial charge in [0.05, 0.1) is 5.75 Å². The molecule has 0 fully saturated rings. The maximum atomic E-state index is 11.0. The van der Waals surface area contributed by atoms with Crippen LogP contribution in [0.15, 0.2) is 16.6 Å². The Balaban J connectivity index is 2.45. The Kier molecular flexibility index (Phi) is 3.80. The van der Waals surface area contributed by atoms with Crippen LogP contribution in [-0.2, 0) is 14.4 Å². The van der Waals surface area contributed by atoms with Gasteiger partial charge in [-0.3, -0.25) is 4.28 Å². The molecule has 0 bridgehead atoms. The Hall–Kier alpha value is -0.490. The maximum absolute atomic E-state index is 11.0. The third kappa shape index (κ3) is 3.82. The highest BCUT2D eigenvalue weighted by molar-refractivity contribution is 8.16. The smallest absolute Gasteiger partial charge is 0.268 e. The normalized spacial score (nSPS) is 19.6. The van der Waals surface area contributed by atoms with E-state index >= 15 is 0 Å². The van der Waals surface area contributed by atoms with Gasteiger partial charge in [0.25, 0.3) is 0 Å². The first kappa shape index (κ1) is 10.6. The van der Waals surface area contributed by atoms with Crippen molar-refractivity contribution in [3.8, 4) is 0 Å². The molecule has 0 aromatic rings. The monoisotopic (exact) mass is 221 g/mol. The van der Waals surface area contributed by atoms with Crippen molar-refractivity contribution in [2.45, 2.75) is 19.8 Å². The highest BCUT2D eigenvalue weighted by Crippen LogP contribution is 2.18. The number of hydrogen-bond acceptors (Lipinski definition) is 5. The number of thioether (sulfide) groups is 1. The molecule has 0 aromatic heterocycles. The molecule has 0 aliphatic carbocycles. The van der Waals surface area contributed by atoms with E-state index < -0.39 is 10.1 Å². The molecule has 0 spiro atoms. The predicted molar refractivity (Wildman–Crippen MR) is 53.9 cm³/mol. The zero-order chi connectivity index (χ0) is 9.73. The van der Waals surface area contributed by atoms with Crippen molar-refractivity contribution in [3.63, 3.8) is 0 Å². The van der Waals surface area contributed by atoms with Gasteiger partial charge in [0, 0.05) is 6.42 Å². The van der Waals surface area contributed by atoms with Gasteiger partial charge in [-0.05, 0) is 11.8 Å². The fraction of sp³-hybridized carbons (Fsp3) is 0.571. The largest absolute Gasteiger partial charge is 0.328 e. The molecule has 4 nitrogen and oxygen atoms in total. The quantitative estimate of drug-likeness (QED) is 0.678. The third-order valence-electron chi connectivity index (χ3n) is 1.30. The van der Waals surface area contributed by atoms with Crippen LogP contribution < -0.4 is 0 Å². The lowest BCUT2D eigenvalue weighted by Crippen LogP contribution is -2.07. The van der Waals surface area contributed by atoms with Gasteiger partial charge in [-0.25, -0.2) is 0 Å². The molecule has 1 heterocycles. The van der Waals surface area contributed by atoms with Crippen LogP contribution in [0.1, 0.15) is 19.8 Å². The van der Waals surface area contributed by atoms with Crippen LogP contribution in [0.5, 0.6) is 0 Å². The molecule has 1 aliphatic rings. The molecule has 0 saturated heterocycles. The Morgan fingerprint density at radius 3 is 3.00 bits per heavy atom. The topological polar surface area (TPSA) is 55.7 Å². The first-order valence-corrected chi connectivity index (χ1v) is 6.39. The van der Waals surface area contributed by atoms with Gasteiger partial charge in [-0.1, -0.05) is 29.9 Å². The van der Waals surface area contributed by atoms with Gasteiger partial charge >= 0.3 is 10.1 Å². The molecule has 13 heavy (non-hydrogen) atoms. The SMILES string of the molecule is CCCS(=O)(=O)O/N=C1\CC=CS1. The molecule has 1 aliphatic heterocycles. The summed E-state index contributed by atoms with van der Waals surface area (Å²) in [6.45, 7) is 1.78. The number of allylic oxidation sites excluding steroid dienone is 1. The van der Waals surface area contributed by atoms with Crippen molar-refractivity contribution in [2.75, 3.05) is 5.75 Å². The van der Waals surface area contributed by atoms with Crippen LogP contribution in [0, 0.1) is 0 Å². The second kappa shape index (κ2) is 4.66. The zero-order valence-corrected chi connectivity index (χ0v) is 8.90. The van der Waals surface area contributed by atoms with Crippen molar-refractivity contribution in [2.24, 2.45) is 5.16 Å². The van der Waals surface area contributed by atoms with E-state index in [1.165, 1.54) is 11.8 Å². The van der Waals surface area contributed by atoms with E-state index in [-0.39, 0.29) is 5.75 Å². The third-order valence-corrected chi connectivity index (χ3v) is 3.35. The van der Waals surface area contributed by atoms with Gasteiger partial charge in [-0.15, -0.1) is 0 Å². The summed E-state index contributed by atoms with van der Waals surface area (Å²) in [6.07, 6.45) is 3.10. The second-order valence-corrected chi connectivity index (χ2v) is 5.17. The molecule has 0 atom stereocenters. The fourth-order valence-corrected chi connectivity index (χ4v) is 2.22. The second-order valence-electron chi connectivity index (χ2n) is 2.52. The molecule has 74 valence electrons. The van der Waals surface area contributed by atoms with E-state index in [4.69, 9.17) is 0 Å². The zero-order valence-electron chi connectivity index (χ0n) is 7.26. The van der Waals surface area contributed by atoms with Gasteiger partial charge in [-0.2, -0.15) is 8.42 Å². The highest BCUT2D eigenvalue weighted by Gasteiger charge is 2.11. The number of oxime groups is 1. The molecular formula is C7H11NO3S2. The molecule has 0 amide bonds. The van der Waals surface area contributed by atoms with Crippen LogP contribution in [0.4, 0.5) is 0 Å². The van der Waals surface area contributed by atoms with E-state index in [2.05, 4.69) is 9.44 Å². The van der Waals surface area contributed by atoms with E-state index in [0.717, 1.165) is 0 Å². The van der Waals surface area contributed by atoms with Crippen molar-refractivity contribution in [1.29, 1.82) is 0 Å². The molecule has 0 N–H and O–H groups in total. The van der Waals surface area contributed by atoms with E-state index in [9.17, 15) is 8.42 Å². The minimum absolute atomic E-state index is 0.0157. The lowest BCUT2D eigenvalue weighted by Gasteiger charge is -1.99. The molecule has 0 aromatic carbocycles. The number of rotatable bonds is 4. The molecule has 0 unspecified atom stereocenters. The Morgan fingerprint density at radius 1 is 1.69 bits per heavy atom.